The topological polar surface area (TPSA) is 35.6 Å². The lowest BCUT2D eigenvalue weighted by atomic mass is 9.91. The summed E-state index contributed by atoms with van der Waals surface area (Å²) in [5.41, 5.74) is 13.6. The first-order valence-corrected chi connectivity index (χ1v) is 20.9. The summed E-state index contributed by atoms with van der Waals surface area (Å²) in [7, 11) is 0. The van der Waals surface area contributed by atoms with Crippen LogP contribution in [-0.4, -0.2) is 19.1 Å². The average Bonchev–Trinajstić information content (AvgIpc) is 3.92. The van der Waals surface area contributed by atoms with Gasteiger partial charge >= 0.3 is 0 Å². The van der Waals surface area contributed by atoms with Gasteiger partial charge in [-0.05, 0) is 65.0 Å². The molecule has 0 fully saturated rings. The SMILES string of the molecule is c1ccc2c(c1)-c1ccccc1-n1c3ccccc3c3cc4c(c-2c31)c1ccccc1n4-c1nc(-c2ccc3sc4ccccc4c3c2)c2ccc3ccccc3c2n1. The van der Waals surface area contributed by atoms with Crippen molar-refractivity contribution in [2.24, 2.45) is 0 Å². The number of para-hydroxylation sites is 3. The number of aromatic nitrogens is 4. The molecule has 0 unspecified atom stereocenters. The Morgan fingerprint density at radius 1 is 0.407 bits per heavy atom. The molecule has 0 N–H and O–H groups in total. The highest BCUT2D eigenvalue weighted by Crippen LogP contribution is 2.52. The van der Waals surface area contributed by atoms with Crippen molar-refractivity contribution in [3.63, 3.8) is 0 Å². The molecular formula is C54H30N4S. The first kappa shape index (κ1) is 31.5. The smallest absolute Gasteiger partial charge is 0.235 e. The van der Waals surface area contributed by atoms with Crippen molar-refractivity contribution < 1.29 is 0 Å². The highest BCUT2D eigenvalue weighted by Gasteiger charge is 2.29. The van der Waals surface area contributed by atoms with Crippen LogP contribution in [0.4, 0.5) is 0 Å². The van der Waals surface area contributed by atoms with Crippen LogP contribution in [0.3, 0.4) is 0 Å². The fourth-order valence-electron chi connectivity index (χ4n) is 10.2. The zero-order valence-corrected chi connectivity index (χ0v) is 32.3. The van der Waals surface area contributed by atoms with Gasteiger partial charge in [-0.15, -0.1) is 11.3 Å². The molecule has 0 amide bonds. The third kappa shape index (κ3) is 4.16. The number of fused-ring (bicyclic) bond motifs is 18. The van der Waals surface area contributed by atoms with Crippen molar-refractivity contribution in [2.75, 3.05) is 0 Å². The lowest BCUT2D eigenvalue weighted by Crippen LogP contribution is -2.04. The minimum Gasteiger partial charge on any atom is -0.308 e. The standard InChI is InChI=1S/C54H30N4S/c1-2-14-33-31(13-1)25-27-40-51(32-26-28-48-41(29-32)37-18-8-12-24-47(37)59-48)55-54(56-52(33)40)58-45-23-11-7-20-39(45)49-46(58)30-42-36-17-6-10-22-44(36)57-43-21-9-5-16-35(43)34-15-3-4-19-38(34)50(49)53(42)57/h1-30H. The fraction of sp³-hybridized carbons (Fsp3) is 0. The van der Waals surface area contributed by atoms with Crippen molar-refractivity contribution in [1.82, 2.24) is 19.1 Å². The van der Waals surface area contributed by atoms with E-state index in [-0.39, 0.29) is 0 Å². The van der Waals surface area contributed by atoms with Gasteiger partial charge in [0, 0.05) is 69.2 Å². The van der Waals surface area contributed by atoms with Crippen molar-refractivity contribution >= 4 is 96.8 Å². The summed E-state index contributed by atoms with van der Waals surface area (Å²) >= 11 is 1.84. The summed E-state index contributed by atoms with van der Waals surface area (Å²) in [5.74, 6) is 0.658. The molecule has 5 heterocycles. The molecule has 59 heavy (non-hydrogen) atoms. The van der Waals surface area contributed by atoms with Crippen LogP contribution in [0.1, 0.15) is 0 Å². The molecule has 272 valence electrons. The number of thiophene rings is 1. The Balaban J connectivity index is 1.17. The quantitative estimate of drug-likeness (QED) is 0.164. The van der Waals surface area contributed by atoms with E-state index in [1.807, 2.05) is 11.3 Å². The number of rotatable bonds is 2. The van der Waals surface area contributed by atoms with Gasteiger partial charge in [0.1, 0.15) is 0 Å². The van der Waals surface area contributed by atoms with Crippen LogP contribution in [-0.2, 0) is 0 Å². The van der Waals surface area contributed by atoms with Crippen molar-refractivity contribution in [3.8, 4) is 45.1 Å². The molecule has 1 aliphatic rings. The van der Waals surface area contributed by atoms with E-state index in [0.717, 1.165) is 44.0 Å². The van der Waals surface area contributed by atoms with E-state index in [1.54, 1.807) is 0 Å². The van der Waals surface area contributed by atoms with E-state index in [1.165, 1.54) is 80.7 Å². The lowest BCUT2D eigenvalue weighted by Gasteiger charge is -2.14. The maximum Gasteiger partial charge on any atom is 0.235 e. The molecule has 0 spiro atoms. The highest BCUT2D eigenvalue weighted by atomic mass is 32.1. The number of hydrogen-bond donors (Lipinski definition) is 0. The Kier molecular flexibility index (Phi) is 6.14. The van der Waals surface area contributed by atoms with Gasteiger partial charge in [-0.2, -0.15) is 0 Å². The highest BCUT2D eigenvalue weighted by molar-refractivity contribution is 7.25. The predicted molar refractivity (Wildman–Crippen MR) is 248 cm³/mol. The van der Waals surface area contributed by atoms with Gasteiger partial charge in [0.2, 0.25) is 5.95 Å². The third-order valence-corrected chi connectivity index (χ3v) is 13.8. The first-order chi connectivity index (χ1) is 29.3. The van der Waals surface area contributed by atoms with Crippen molar-refractivity contribution in [2.45, 2.75) is 0 Å². The van der Waals surface area contributed by atoms with Gasteiger partial charge in [-0.3, -0.25) is 4.57 Å². The van der Waals surface area contributed by atoms with Crippen LogP contribution in [0.2, 0.25) is 0 Å². The van der Waals surface area contributed by atoms with Crippen LogP contribution in [0, 0.1) is 0 Å². The molecule has 4 nitrogen and oxygen atoms in total. The van der Waals surface area contributed by atoms with E-state index < -0.39 is 0 Å². The van der Waals surface area contributed by atoms with Crippen LogP contribution in [0.5, 0.6) is 0 Å². The van der Waals surface area contributed by atoms with Gasteiger partial charge in [0.25, 0.3) is 0 Å². The summed E-state index contributed by atoms with van der Waals surface area (Å²) in [4.78, 5) is 11.2. The number of benzene rings is 9. The summed E-state index contributed by atoms with van der Waals surface area (Å²) in [6, 6.07) is 66.4. The molecule has 0 aliphatic carbocycles. The predicted octanol–water partition coefficient (Wildman–Crippen LogP) is 14.7. The van der Waals surface area contributed by atoms with Crippen molar-refractivity contribution in [1.29, 1.82) is 0 Å². The molecule has 13 aromatic rings. The summed E-state index contributed by atoms with van der Waals surface area (Å²) in [5, 5.41) is 10.6. The maximum atomic E-state index is 5.65. The van der Waals surface area contributed by atoms with E-state index in [2.05, 4.69) is 191 Å². The molecule has 0 radical (unpaired) electrons. The zero-order valence-electron chi connectivity index (χ0n) is 31.5. The Hall–Kier alpha value is -7.60. The summed E-state index contributed by atoms with van der Waals surface area (Å²) < 4.78 is 7.40. The Labute approximate surface area is 341 Å². The van der Waals surface area contributed by atoms with Crippen LogP contribution in [0.25, 0.3) is 131 Å². The summed E-state index contributed by atoms with van der Waals surface area (Å²) in [6.45, 7) is 0. The maximum absolute atomic E-state index is 5.65. The van der Waals surface area contributed by atoms with Gasteiger partial charge in [0.05, 0.1) is 39.0 Å². The third-order valence-electron chi connectivity index (χ3n) is 12.7. The molecule has 1 aliphatic heterocycles. The van der Waals surface area contributed by atoms with Gasteiger partial charge < -0.3 is 4.57 Å². The van der Waals surface area contributed by atoms with Gasteiger partial charge in [0.15, 0.2) is 0 Å². The summed E-state index contributed by atoms with van der Waals surface area (Å²) in [6.07, 6.45) is 0. The van der Waals surface area contributed by atoms with Crippen molar-refractivity contribution in [3.05, 3.63) is 182 Å². The largest absolute Gasteiger partial charge is 0.308 e. The second-order valence-electron chi connectivity index (χ2n) is 15.7. The van der Waals surface area contributed by atoms with E-state index in [0.29, 0.717) is 5.95 Å². The second-order valence-corrected chi connectivity index (χ2v) is 16.8. The Morgan fingerprint density at radius 3 is 1.97 bits per heavy atom. The number of nitrogens with zero attached hydrogens (tertiary/aromatic N) is 4. The normalized spacial score (nSPS) is 12.4. The van der Waals surface area contributed by atoms with E-state index >= 15 is 0 Å². The molecule has 0 saturated heterocycles. The van der Waals surface area contributed by atoms with Crippen LogP contribution >= 0.6 is 11.3 Å². The molecule has 9 aromatic carbocycles. The average molecular weight is 767 g/mol. The molecule has 4 aromatic heterocycles. The number of hydrogen-bond acceptors (Lipinski definition) is 3. The molecular weight excluding hydrogens is 737 g/mol. The minimum absolute atomic E-state index is 0.658. The van der Waals surface area contributed by atoms with E-state index in [9.17, 15) is 0 Å². The lowest BCUT2D eigenvalue weighted by molar-refractivity contribution is 1.02. The molecule has 0 atom stereocenters. The van der Waals surface area contributed by atoms with Gasteiger partial charge in [-0.1, -0.05) is 133 Å². The zero-order chi connectivity index (χ0) is 38.3. The molecule has 14 rings (SSSR count). The van der Waals surface area contributed by atoms with Gasteiger partial charge in [-0.25, -0.2) is 9.97 Å². The Morgan fingerprint density at radius 2 is 1.08 bits per heavy atom. The fourth-order valence-corrected chi connectivity index (χ4v) is 11.3. The second kappa shape index (κ2) is 11.5. The Bertz CT molecular complexity index is 3980. The molecule has 0 bridgehead atoms. The van der Waals surface area contributed by atoms with Crippen LogP contribution < -0.4 is 0 Å². The first-order valence-electron chi connectivity index (χ1n) is 20.1. The molecule has 0 saturated carbocycles. The monoisotopic (exact) mass is 766 g/mol. The van der Waals surface area contributed by atoms with Crippen LogP contribution in [0.15, 0.2) is 182 Å². The van der Waals surface area contributed by atoms with E-state index in [4.69, 9.17) is 9.97 Å². The minimum atomic E-state index is 0.658. The molecule has 5 heteroatoms.